The highest BCUT2D eigenvalue weighted by Crippen LogP contribution is 2.38. The third-order valence-electron chi connectivity index (χ3n) is 5.51. The van der Waals surface area contributed by atoms with E-state index in [0.717, 1.165) is 49.2 Å². The first-order chi connectivity index (χ1) is 13.6. The number of nitrogens with one attached hydrogen (secondary N) is 1. The monoisotopic (exact) mass is 399 g/mol. The second-order valence-electron chi connectivity index (χ2n) is 7.49. The van der Waals surface area contributed by atoms with E-state index in [9.17, 15) is 9.59 Å². The molecule has 28 heavy (non-hydrogen) atoms. The van der Waals surface area contributed by atoms with Crippen LogP contribution in [0, 0.1) is 0 Å². The van der Waals surface area contributed by atoms with Crippen molar-refractivity contribution in [2.45, 2.75) is 57.4 Å². The lowest BCUT2D eigenvalue weighted by Crippen LogP contribution is -2.45. The molecule has 7 heteroatoms. The van der Waals surface area contributed by atoms with Crippen LogP contribution >= 0.6 is 11.3 Å². The summed E-state index contributed by atoms with van der Waals surface area (Å²) in [5.74, 6) is 0.392. The third kappa shape index (κ3) is 4.04. The third-order valence-corrected chi connectivity index (χ3v) is 6.56. The summed E-state index contributed by atoms with van der Waals surface area (Å²) < 4.78 is 5.19. The van der Waals surface area contributed by atoms with E-state index in [4.69, 9.17) is 4.42 Å². The molecule has 2 aliphatic rings. The number of fused-ring (bicyclic) bond motifs is 1. The molecular formula is C21H25N3O3S. The summed E-state index contributed by atoms with van der Waals surface area (Å²) in [4.78, 5) is 33.2. The number of likely N-dealkylation sites (tertiary alicyclic amines) is 1. The zero-order chi connectivity index (χ0) is 19.5. The number of rotatable bonds is 4. The van der Waals surface area contributed by atoms with Gasteiger partial charge in [0.15, 0.2) is 5.13 Å². The van der Waals surface area contributed by atoms with Gasteiger partial charge in [-0.05, 0) is 63.7 Å². The lowest BCUT2D eigenvalue weighted by molar-refractivity contribution is -0.136. The van der Waals surface area contributed by atoms with Gasteiger partial charge in [0.25, 0.3) is 0 Å². The molecule has 1 fully saturated rings. The second-order valence-corrected chi connectivity index (χ2v) is 8.57. The first kappa shape index (κ1) is 18.9. The van der Waals surface area contributed by atoms with E-state index in [1.165, 1.54) is 23.8 Å². The van der Waals surface area contributed by atoms with E-state index in [1.54, 1.807) is 24.5 Å². The largest absolute Gasteiger partial charge is 0.465 e. The normalized spacial score (nSPS) is 22.2. The van der Waals surface area contributed by atoms with Crippen LogP contribution in [0.3, 0.4) is 0 Å². The highest BCUT2D eigenvalue weighted by Gasteiger charge is 2.35. The maximum absolute atomic E-state index is 13.2. The SMILES string of the molecule is CC1CCCCN1C(=O)C1CCCc2sc(NC(=O)/C=C/c3ccco3)nc21. The summed E-state index contributed by atoms with van der Waals surface area (Å²) in [7, 11) is 0. The molecule has 4 rings (SSSR count). The molecule has 1 aliphatic carbocycles. The highest BCUT2D eigenvalue weighted by atomic mass is 32.1. The predicted octanol–water partition coefficient (Wildman–Crippen LogP) is 4.21. The minimum atomic E-state index is -0.255. The van der Waals surface area contributed by atoms with Crippen LogP contribution in [0.2, 0.25) is 0 Å². The van der Waals surface area contributed by atoms with Gasteiger partial charge in [0.2, 0.25) is 11.8 Å². The Morgan fingerprint density at radius 3 is 3.00 bits per heavy atom. The zero-order valence-electron chi connectivity index (χ0n) is 16.0. The summed E-state index contributed by atoms with van der Waals surface area (Å²) in [5.41, 5.74) is 0.865. The maximum atomic E-state index is 13.2. The van der Waals surface area contributed by atoms with Gasteiger partial charge in [0, 0.05) is 23.5 Å². The highest BCUT2D eigenvalue weighted by molar-refractivity contribution is 7.15. The van der Waals surface area contributed by atoms with Gasteiger partial charge >= 0.3 is 0 Å². The summed E-state index contributed by atoms with van der Waals surface area (Å²) >= 11 is 1.48. The van der Waals surface area contributed by atoms with Crippen molar-refractivity contribution in [1.82, 2.24) is 9.88 Å². The van der Waals surface area contributed by atoms with E-state index in [1.807, 2.05) is 4.90 Å². The van der Waals surface area contributed by atoms with E-state index in [-0.39, 0.29) is 17.7 Å². The van der Waals surface area contributed by atoms with Crippen LogP contribution in [0.25, 0.3) is 6.08 Å². The second kappa shape index (κ2) is 8.31. The van der Waals surface area contributed by atoms with Gasteiger partial charge in [-0.3, -0.25) is 14.9 Å². The van der Waals surface area contributed by atoms with Gasteiger partial charge < -0.3 is 9.32 Å². The molecule has 3 heterocycles. The number of carbonyl (C=O) groups is 2. The molecule has 2 unspecified atom stereocenters. The average molecular weight is 400 g/mol. The number of hydrogen-bond donors (Lipinski definition) is 1. The van der Waals surface area contributed by atoms with Crippen molar-refractivity contribution in [3.05, 3.63) is 40.8 Å². The van der Waals surface area contributed by atoms with Crippen LogP contribution < -0.4 is 5.32 Å². The molecule has 0 spiro atoms. The van der Waals surface area contributed by atoms with E-state index >= 15 is 0 Å². The number of piperidine rings is 1. The van der Waals surface area contributed by atoms with Gasteiger partial charge in [-0.1, -0.05) is 0 Å². The topological polar surface area (TPSA) is 75.4 Å². The lowest BCUT2D eigenvalue weighted by Gasteiger charge is -2.36. The van der Waals surface area contributed by atoms with Crippen LogP contribution in [0.1, 0.15) is 61.3 Å². The Morgan fingerprint density at radius 1 is 1.32 bits per heavy atom. The minimum Gasteiger partial charge on any atom is -0.465 e. The number of anilines is 1. The Kier molecular flexibility index (Phi) is 5.62. The molecule has 0 radical (unpaired) electrons. The Hall–Kier alpha value is -2.41. The van der Waals surface area contributed by atoms with E-state index < -0.39 is 0 Å². The smallest absolute Gasteiger partial charge is 0.250 e. The molecule has 1 saturated heterocycles. The first-order valence-electron chi connectivity index (χ1n) is 9.94. The molecule has 0 aromatic carbocycles. The van der Waals surface area contributed by atoms with Gasteiger partial charge in [0.1, 0.15) is 5.76 Å². The van der Waals surface area contributed by atoms with E-state index in [2.05, 4.69) is 17.2 Å². The molecule has 2 atom stereocenters. The standard InChI is InChI=1S/C21H25N3O3S/c1-14-6-2-3-12-24(14)20(26)16-8-4-9-17-19(16)23-21(28-17)22-18(25)11-10-15-7-5-13-27-15/h5,7,10-11,13-14,16H,2-4,6,8-9,12H2,1H3,(H,22,23,25)/b11-10+. The van der Waals surface area contributed by atoms with Gasteiger partial charge in [-0.15, -0.1) is 11.3 Å². The van der Waals surface area contributed by atoms with Crippen molar-refractivity contribution in [3.63, 3.8) is 0 Å². The molecule has 0 bridgehead atoms. The lowest BCUT2D eigenvalue weighted by atomic mass is 9.88. The molecule has 2 amide bonds. The van der Waals surface area contributed by atoms with Crippen LogP contribution in [0.5, 0.6) is 0 Å². The van der Waals surface area contributed by atoms with Crippen LogP contribution in [0.15, 0.2) is 28.9 Å². The van der Waals surface area contributed by atoms with Crippen molar-refractivity contribution in [2.24, 2.45) is 0 Å². The van der Waals surface area contributed by atoms with Crippen molar-refractivity contribution in [2.75, 3.05) is 11.9 Å². The Bertz CT molecular complexity index is 872. The summed E-state index contributed by atoms with van der Waals surface area (Å²) in [6.45, 7) is 2.98. The average Bonchev–Trinajstić information content (AvgIpc) is 3.35. The molecule has 148 valence electrons. The zero-order valence-corrected chi connectivity index (χ0v) is 16.8. The van der Waals surface area contributed by atoms with Crippen LogP contribution in [-0.2, 0) is 16.0 Å². The van der Waals surface area contributed by atoms with Gasteiger partial charge in [-0.25, -0.2) is 4.98 Å². The first-order valence-corrected chi connectivity index (χ1v) is 10.8. The van der Waals surface area contributed by atoms with Crippen LogP contribution in [0.4, 0.5) is 5.13 Å². The number of carbonyl (C=O) groups excluding carboxylic acids is 2. The maximum Gasteiger partial charge on any atom is 0.250 e. The predicted molar refractivity (Wildman–Crippen MR) is 109 cm³/mol. The minimum absolute atomic E-state index is 0.176. The number of aryl methyl sites for hydroxylation is 1. The molecule has 2 aromatic rings. The van der Waals surface area contributed by atoms with Crippen molar-refractivity contribution >= 4 is 34.4 Å². The Balaban J connectivity index is 1.47. The number of furan rings is 1. The number of amides is 2. The molecule has 0 saturated carbocycles. The summed E-state index contributed by atoms with van der Waals surface area (Å²) in [6.07, 6.45) is 10.7. The van der Waals surface area contributed by atoms with Gasteiger partial charge in [-0.2, -0.15) is 0 Å². The Labute approximate surface area is 168 Å². The van der Waals surface area contributed by atoms with Crippen LogP contribution in [-0.4, -0.2) is 34.3 Å². The van der Waals surface area contributed by atoms with Crippen molar-refractivity contribution < 1.29 is 14.0 Å². The molecule has 2 aromatic heterocycles. The van der Waals surface area contributed by atoms with Crippen molar-refractivity contribution in [3.8, 4) is 0 Å². The summed E-state index contributed by atoms with van der Waals surface area (Å²) in [5, 5.41) is 3.39. The number of hydrogen-bond acceptors (Lipinski definition) is 5. The molecule has 1 N–H and O–H groups in total. The number of thiazole rings is 1. The fourth-order valence-electron chi connectivity index (χ4n) is 4.03. The van der Waals surface area contributed by atoms with E-state index in [0.29, 0.717) is 16.9 Å². The van der Waals surface area contributed by atoms with Crippen molar-refractivity contribution in [1.29, 1.82) is 0 Å². The molecule has 1 aliphatic heterocycles. The fourth-order valence-corrected chi connectivity index (χ4v) is 5.10. The number of nitrogens with zero attached hydrogens (tertiary/aromatic N) is 2. The number of aromatic nitrogens is 1. The quantitative estimate of drug-likeness (QED) is 0.782. The molecular weight excluding hydrogens is 374 g/mol. The molecule has 6 nitrogen and oxygen atoms in total. The fraction of sp³-hybridized carbons (Fsp3) is 0.476. The van der Waals surface area contributed by atoms with Gasteiger partial charge in [0.05, 0.1) is 17.9 Å². The Morgan fingerprint density at radius 2 is 2.21 bits per heavy atom. The summed E-state index contributed by atoms with van der Waals surface area (Å²) in [6, 6.07) is 3.85.